The second kappa shape index (κ2) is 11.0. The fraction of sp³-hybridized carbons (Fsp3) is 0.458. The van der Waals surface area contributed by atoms with Crippen LogP contribution in [0.2, 0.25) is 0 Å². The summed E-state index contributed by atoms with van der Waals surface area (Å²) in [6.45, 7) is 7.07. The van der Waals surface area contributed by atoms with E-state index in [-0.39, 0.29) is 5.91 Å². The molecule has 0 radical (unpaired) electrons. The molecule has 3 rings (SSSR count). The summed E-state index contributed by atoms with van der Waals surface area (Å²) < 4.78 is 10.6. The minimum atomic E-state index is -0.0939. The zero-order chi connectivity index (χ0) is 20.5. The smallest absolute Gasteiger partial charge is 0.251 e. The predicted octanol–water partition coefficient (Wildman–Crippen LogP) is 3.87. The summed E-state index contributed by atoms with van der Waals surface area (Å²) in [6, 6.07) is 15.6. The van der Waals surface area contributed by atoms with Gasteiger partial charge in [-0.1, -0.05) is 37.3 Å². The van der Waals surface area contributed by atoms with Gasteiger partial charge in [0.15, 0.2) is 0 Å². The molecule has 1 aliphatic rings. The molecule has 1 aliphatic heterocycles. The predicted molar refractivity (Wildman–Crippen MR) is 115 cm³/mol. The standard InChI is InChI=1S/C24H32N2O3/c1-19-7-6-12-26(17-19)18-22-9-4-3-8-21(22)16-25-24(27)20-10-5-11-23(15-20)29-14-13-28-2/h3-5,8-11,15,19H,6-7,12-14,16-18H2,1-2H3,(H,25,27). The molecule has 1 saturated heterocycles. The van der Waals surface area contributed by atoms with Gasteiger partial charge in [-0.05, 0) is 54.6 Å². The Balaban J connectivity index is 1.58. The Kier molecular flexibility index (Phi) is 8.08. The summed E-state index contributed by atoms with van der Waals surface area (Å²) in [6.07, 6.45) is 2.59. The third-order valence-electron chi connectivity index (χ3n) is 5.35. The molecular formula is C24H32N2O3. The molecule has 0 bridgehead atoms. The number of amides is 1. The van der Waals surface area contributed by atoms with Crippen molar-refractivity contribution in [3.8, 4) is 5.75 Å². The molecule has 0 saturated carbocycles. The molecule has 5 nitrogen and oxygen atoms in total. The number of carbonyl (C=O) groups excluding carboxylic acids is 1. The molecule has 2 aromatic carbocycles. The summed E-state index contributed by atoms with van der Waals surface area (Å²) in [7, 11) is 1.64. The maximum absolute atomic E-state index is 12.6. The number of nitrogens with zero attached hydrogens (tertiary/aromatic N) is 1. The molecular weight excluding hydrogens is 364 g/mol. The van der Waals surface area contributed by atoms with E-state index < -0.39 is 0 Å². The lowest BCUT2D eigenvalue weighted by atomic mass is 9.99. The number of hydrogen-bond donors (Lipinski definition) is 1. The van der Waals surface area contributed by atoms with E-state index in [0.29, 0.717) is 31.1 Å². The minimum absolute atomic E-state index is 0.0939. The first-order chi connectivity index (χ1) is 14.2. The fourth-order valence-corrected chi connectivity index (χ4v) is 3.80. The van der Waals surface area contributed by atoms with E-state index in [9.17, 15) is 4.79 Å². The summed E-state index contributed by atoms with van der Waals surface area (Å²) in [5.74, 6) is 1.34. The van der Waals surface area contributed by atoms with Crippen LogP contribution < -0.4 is 10.1 Å². The van der Waals surface area contributed by atoms with Gasteiger partial charge in [-0.3, -0.25) is 9.69 Å². The van der Waals surface area contributed by atoms with E-state index in [2.05, 4.69) is 35.3 Å². The molecule has 0 spiro atoms. The highest BCUT2D eigenvalue weighted by Crippen LogP contribution is 2.20. The van der Waals surface area contributed by atoms with Crippen molar-refractivity contribution in [3.63, 3.8) is 0 Å². The van der Waals surface area contributed by atoms with Crippen molar-refractivity contribution in [2.24, 2.45) is 5.92 Å². The van der Waals surface area contributed by atoms with Crippen molar-refractivity contribution in [2.75, 3.05) is 33.4 Å². The van der Waals surface area contributed by atoms with E-state index in [1.165, 1.54) is 24.0 Å². The molecule has 5 heteroatoms. The van der Waals surface area contributed by atoms with Crippen LogP contribution in [0, 0.1) is 5.92 Å². The lowest BCUT2D eigenvalue weighted by Gasteiger charge is -2.31. The number of methoxy groups -OCH3 is 1. The average Bonchev–Trinajstić information content (AvgIpc) is 2.73. The van der Waals surface area contributed by atoms with E-state index in [0.717, 1.165) is 25.6 Å². The SMILES string of the molecule is COCCOc1cccc(C(=O)NCc2ccccc2CN2CCCC(C)C2)c1. The maximum Gasteiger partial charge on any atom is 0.251 e. The van der Waals surface area contributed by atoms with Gasteiger partial charge in [0.25, 0.3) is 5.91 Å². The Morgan fingerprint density at radius 1 is 1.14 bits per heavy atom. The van der Waals surface area contributed by atoms with Crippen LogP contribution in [0.15, 0.2) is 48.5 Å². The molecule has 1 unspecified atom stereocenters. The van der Waals surface area contributed by atoms with Crippen LogP contribution in [-0.2, 0) is 17.8 Å². The second-order valence-electron chi connectivity index (χ2n) is 7.80. The second-order valence-corrected chi connectivity index (χ2v) is 7.80. The van der Waals surface area contributed by atoms with Crippen LogP contribution in [0.4, 0.5) is 0 Å². The van der Waals surface area contributed by atoms with Crippen molar-refractivity contribution >= 4 is 5.91 Å². The van der Waals surface area contributed by atoms with Crippen LogP contribution in [0.5, 0.6) is 5.75 Å². The molecule has 2 aromatic rings. The molecule has 0 aromatic heterocycles. The van der Waals surface area contributed by atoms with Crippen molar-refractivity contribution < 1.29 is 14.3 Å². The summed E-state index contributed by atoms with van der Waals surface area (Å²) >= 11 is 0. The topological polar surface area (TPSA) is 50.8 Å². The first-order valence-corrected chi connectivity index (χ1v) is 10.4. The molecule has 1 atom stereocenters. The first kappa shape index (κ1) is 21.3. The highest BCUT2D eigenvalue weighted by Gasteiger charge is 2.17. The third kappa shape index (κ3) is 6.58. The van der Waals surface area contributed by atoms with Gasteiger partial charge < -0.3 is 14.8 Å². The fourth-order valence-electron chi connectivity index (χ4n) is 3.80. The van der Waals surface area contributed by atoms with E-state index >= 15 is 0 Å². The van der Waals surface area contributed by atoms with Crippen molar-refractivity contribution in [1.29, 1.82) is 0 Å². The minimum Gasteiger partial charge on any atom is -0.491 e. The lowest BCUT2D eigenvalue weighted by molar-refractivity contribution is 0.0950. The molecule has 1 N–H and O–H groups in total. The van der Waals surface area contributed by atoms with E-state index in [4.69, 9.17) is 9.47 Å². The number of carbonyl (C=O) groups is 1. The van der Waals surface area contributed by atoms with Crippen molar-refractivity contribution in [1.82, 2.24) is 10.2 Å². The summed E-state index contributed by atoms with van der Waals surface area (Å²) in [4.78, 5) is 15.2. The Bertz CT molecular complexity index is 793. The number of benzene rings is 2. The molecule has 0 aliphatic carbocycles. The number of rotatable bonds is 9. The highest BCUT2D eigenvalue weighted by molar-refractivity contribution is 5.94. The van der Waals surface area contributed by atoms with Gasteiger partial charge in [0.05, 0.1) is 6.61 Å². The van der Waals surface area contributed by atoms with Gasteiger partial charge in [-0.25, -0.2) is 0 Å². The van der Waals surface area contributed by atoms with Crippen LogP contribution in [0.25, 0.3) is 0 Å². The maximum atomic E-state index is 12.6. The zero-order valence-electron chi connectivity index (χ0n) is 17.5. The average molecular weight is 397 g/mol. The quantitative estimate of drug-likeness (QED) is 0.654. The van der Waals surface area contributed by atoms with Crippen LogP contribution >= 0.6 is 0 Å². The summed E-state index contributed by atoms with van der Waals surface area (Å²) in [5.41, 5.74) is 3.06. The summed E-state index contributed by atoms with van der Waals surface area (Å²) in [5, 5.41) is 3.06. The van der Waals surface area contributed by atoms with Crippen LogP contribution in [0.1, 0.15) is 41.3 Å². The van der Waals surface area contributed by atoms with Gasteiger partial charge in [0, 0.05) is 32.3 Å². The largest absolute Gasteiger partial charge is 0.491 e. The number of ether oxygens (including phenoxy) is 2. The van der Waals surface area contributed by atoms with E-state index in [1.54, 1.807) is 19.2 Å². The molecule has 29 heavy (non-hydrogen) atoms. The van der Waals surface area contributed by atoms with Crippen molar-refractivity contribution in [3.05, 3.63) is 65.2 Å². The van der Waals surface area contributed by atoms with Gasteiger partial charge in [-0.15, -0.1) is 0 Å². The Hall–Kier alpha value is -2.37. The van der Waals surface area contributed by atoms with Crippen molar-refractivity contribution in [2.45, 2.75) is 32.9 Å². The lowest BCUT2D eigenvalue weighted by Crippen LogP contribution is -2.34. The van der Waals surface area contributed by atoms with E-state index in [1.807, 2.05) is 18.2 Å². The third-order valence-corrected chi connectivity index (χ3v) is 5.35. The van der Waals surface area contributed by atoms with Crippen LogP contribution in [0.3, 0.4) is 0 Å². The highest BCUT2D eigenvalue weighted by atomic mass is 16.5. The Morgan fingerprint density at radius 3 is 2.76 bits per heavy atom. The van der Waals surface area contributed by atoms with Crippen LogP contribution in [-0.4, -0.2) is 44.2 Å². The Morgan fingerprint density at radius 2 is 1.97 bits per heavy atom. The first-order valence-electron chi connectivity index (χ1n) is 10.4. The molecule has 1 heterocycles. The number of piperidine rings is 1. The van der Waals surface area contributed by atoms with Gasteiger partial charge in [-0.2, -0.15) is 0 Å². The van der Waals surface area contributed by atoms with Gasteiger partial charge in [0.2, 0.25) is 0 Å². The number of hydrogen-bond acceptors (Lipinski definition) is 4. The Labute approximate surface area is 174 Å². The number of likely N-dealkylation sites (tertiary alicyclic amines) is 1. The van der Waals surface area contributed by atoms with Gasteiger partial charge >= 0.3 is 0 Å². The number of nitrogens with one attached hydrogen (secondary N) is 1. The molecule has 1 amide bonds. The normalized spacial score (nSPS) is 17.1. The zero-order valence-corrected chi connectivity index (χ0v) is 17.5. The monoisotopic (exact) mass is 396 g/mol. The molecule has 1 fully saturated rings. The van der Waals surface area contributed by atoms with Gasteiger partial charge in [0.1, 0.15) is 12.4 Å². The molecule has 156 valence electrons.